The van der Waals surface area contributed by atoms with Gasteiger partial charge in [-0.15, -0.1) is 0 Å². The SMILES string of the molecule is COCC(=O)NCCC1CCCNC1. The lowest BCUT2D eigenvalue weighted by atomic mass is 9.96. The van der Waals surface area contributed by atoms with Gasteiger partial charge in [0.15, 0.2) is 0 Å². The fraction of sp³-hybridized carbons (Fsp3) is 0.900. The second-order valence-corrected chi connectivity index (χ2v) is 3.78. The number of piperidine rings is 1. The van der Waals surface area contributed by atoms with Gasteiger partial charge in [0.1, 0.15) is 6.61 Å². The maximum absolute atomic E-state index is 11.0. The zero-order valence-corrected chi connectivity index (χ0v) is 8.84. The Bertz CT molecular complexity index is 168. The highest BCUT2D eigenvalue weighted by Gasteiger charge is 2.12. The van der Waals surface area contributed by atoms with Gasteiger partial charge in [-0.1, -0.05) is 0 Å². The van der Waals surface area contributed by atoms with Gasteiger partial charge in [0, 0.05) is 13.7 Å². The van der Waals surface area contributed by atoms with Crippen LogP contribution >= 0.6 is 0 Å². The van der Waals surface area contributed by atoms with Crippen LogP contribution in [0.25, 0.3) is 0 Å². The summed E-state index contributed by atoms with van der Waals surface area (Å²) in [5.41, 5.74) is 0. The van der Waals surface area contributed by atoms with Crippen molar-refractivity contribution < 1.29 is 9.53 Å². The van der Waals surface area contributed by atoms with E-state index in [-0.39, 0.29) is 12.5 Å². The van der Waals surface area contributed by atoms with Crippen molar-refractivity contribution in [2.24, 2.45) is 5.92 Å². The van der Waals surface area contributed by atoms with E-state index in [0.717, 1.165) is 32.0 Å². The Hall–Kier alpha value is -0.610. The van der Waals surface area contributed by atoms with Crippen molar-refractivity contribution in [2.45, 2.75) is 19.3 Å². The lowest BCUT2D eigenvalue weighted by Gasteiger charge is -2.22. The maximum Gasteiger partial charge on any atom is 0.245 e. The first-order valence-corrected chi connectivity index (χ1v) is 5.29. The fourth-order valence-corrected chi connectivity index (χ4v) is 1.77. The van der Waals surface area contributed by atoms with E-state index in [0.29, 0.717) is 0 Å². The summed E-state index contributed by atoms with van der Waals surface area (Å²) in [7, 11) is 1.53. The minimum Gasteiger partial charge on any atom is -0.375 e. The molecule has 14 heavy (non-hydrogen) atoms. The van der Waals surface area contributed by atoms with Crippen LogP contribution < -0.4 is 10.6 Å². The lowest BCUT2D eigenvalue weighted by molar-refractivity contribution is -0.124. The zero-order chi connectivity index (χ0) is 10.2. The Morgan fingerprint density at radius 1 is 1.64 bits per heavy atom. The molecule has 0 spiro atoms. The largest absolute Gasteiger partial charge is 0.375 e. The average Bonchev–Trinajstić information content (AvgIpc) is 2.20. The highest BCUT2D eigenvalue weighted by molar-refractivity contribution is 5.77. The summed E-state index contributed by atoms with van der Waals surface area (Å²) in [4.78, 5) is 11.0. The number of amides is 1. The summed E-state index contributed by atoms with van der Waals surface area (Å²) in [6.07, 6.45) is 3.62. The molecule has 4 heteroatoms. The van der Waals surface area contributed by atoms with E-state index in [9.17, 15) is 4.79 Å². The van der Waals surface area contributed by atoms with Gasteiger partial charge in [-0.2, -0.15) is 0 Å². The quantitative estimate of drug-likeness (QED) is 0.663. The molecule has 1 amide bonds. The minimum atomic E-state index is -0.0173. The molecular formula is C10H20N2O2. The number of methoxy groups -OCH3 is 1. The second-order valence-electron chi connectivity index (χ2n) is 3.78. The predicted molar refractivity (Wildman–Crippen MR) is 55.1 cm³/mol. The van der Waals surface area contributed by atoms with Crippen molar-refractivity contribution in [2.75, 3.05) is 33.4 Å². The molecule has 0 radical (unpaired) electrons. The standard InChI is InChI=1S/C10H20N2O2/c1-14-8-10(13)12-6-4-9-3-2-5-11-7-9/h9,11H,2-8H2,1H3,(H,12,13). The van der Waals surface area contributed by atoms with E-state index in [1.165, 1.54) is 20.0 Å². The van der Waals surface area contributed by atoms with Crippen LogP contribution in [0.1, 0.15) is 19.3 Å². The molecule has 0 bridgehead atoms. The maximum atomic E-state index is 11.0. The number of ether oxygens (including phenoxy) is 1. The molecule has 1 aliphatic heterocycles. The topological polar surface area (TPSA) is 50.4 Å². The molecule has 2 N–H and O–H groups in total. The third-order valence-electron chi connectivity index (χ3n) is 2.55. The molecule has 1 saturated heterocycles. The number of rotatable bonds is 5. The van der Waals surface area contributed by atoms with Crippen LogP contribution in [-0.2, 0) is 9.53 Å². The molecule has 1 atom stereocenters. The van der Waals surface area contributed by atoms with Crippen LogP contribution in [0.15, 0.2) is 0 Å². The monoisotopic (exact) mass is 200 g/mol. The van der Waals surface area contributed by atoms with Crippen LogP contribution in [0.4, 0.5) is 0 Å². The van der Waals surface area contributed by atoms with Crippen molar-refractivity contribution >= 4 is 5.91 Å². The molecule has 1 fully saturated rings. The molecular weight excluding hydrogens is 180 g/mol. The molecule has 0 aliphatic carbocycles. The number of carbonyl (C=O) groups is 1. The van der Waals surface area contributed by atoms with Gasteiger partial charge in [-0.3, -0.25) is 4.79 Å². The third kappa shape index (κ3) is 4.58. The summed E-state index contributed by atoms with van der Waals surface area (Å²) in [5, 5.41) is 6.20. The van der Waals surface area contributed by atoms with Crippen molar-refractivity contribution in [3.05, 3.63) is 0 Å². The number of carbonyl (C=O) groups excluding carboxylic acids is 1. The fourth-order valence-electron chi connectivity index (χ4n) is 1.77. The van der Waals surface area contributed by atoms with Crippen LogP contribution in [0.5, 0.6) is 0 Å². The first-order chi connectivity index (χ1) is 6.83. The molecule has 0 aromatic heterocycles. The molecule has 1 unspecified atom stereocenters. The highest BCUT2D eigenvalue weighted by atomic mass is 16.5. The van der Waals surface area contributed by atoms with Crippen molar-refractivity contribution in [1.82, 2.24) is 10.6 Å². The molecule has 1 aliphatic rings. The first kappa shape index (κ1) is 11.5. The van der Waals surface area contributed by atoms with E-state index in [1.54, 1.807) is 0 Å². The van der Waals surface area contributed by atoms with Crippen molar-refractivity contribution in [1.29, 1.82) is 0 Å². The Morgan fingerprint density at radius 2 is 2.50 bits per heavy atom. The van der Waals surface area contributed by atoms with E-state index in [4.69, 9.17) is 4.74 Å². The van der Waals surface area contributed by atoms with Crippen LogP contribution in [0.2, 0.25) is 0 Å². The van der Waals surface area contributed by atoms with Gasteiger partial charge < -0.3 is 15.4 Å². The van der Waals surface area contributed by atoms with Gasteiger partial charge in [-0.25, -0.2) is 0 Å². The van der Waals surface area contributed by atoms with Crippen LogP contribution in [-0.4, -0.2) is 39.3 Å². The van der Waals surface area contributed by atoms with E-state index in [1.807, 2.05) is 0 Å². The van der Waals surface area contributed by atoms with Crippen molar-refractivity contribution in [3.63, 3.8) is 0 Å². The molecule has 0 aromatic rings. The van der Waals surface area contributed by atoms with E-state index >= 15 is 0 Å². The van der Waals surface area contributed by atoms with Crippen molar-refractivity contribution in [3.8, 4) is 0 Å². The second kappa shape index (κ2) is 6.79. The third-order valence-corrected chi connectivity index (χ3v) is 2.55. The summed E-state index contributed by atoms with van der Waals surface area (Å²) in [6, 6.07) is 0. The molecule has 1 heterocycles. The first-order valence-electron chi connectivity index (χ1n) is 5.29. The zero-order valence-electron chi connectivity index (χ0n) is 8.84. The number of hydrogen-bond donors (Lipinski definition) is 2. The summed E-state index contributed by atoms with van der Waals surface area (Å²) < 4.78 is 4.72. The van der Waals surface area contributed by atoms with Gasteiger partial charge in [0.25, 0.3) is 0 Å². The Kier molecular flexibility index (Phi) is 5.56. The van der Waals surface area contributed by atoms with Gasteiger partial charge >= 0.3 is 0 Å². The smallest absolute Gasteiger partial charge is 0.245 e. The summed E-state index contributed by atoms with van der Waals surface area (Å²) in [6.45, 7) is 3.18. The predicted octanol–water partition coefficient (Wildman–Crippen LogP) is 0.139. The average molecular weight is 200 g/mol. The Morgan fingerprint density at radius 3 is 3.14 bits per heavy atom. The lowest BCUT2D eigenvalue weighted by Crippen LogP contribution is -2.34. The number of hydrogen-bond acceptors (Lipinski definition) is 3. The van der Waals surface area contributed by atoms with E-state index in [2.05, 4.69) is 10.6 Å². The molecule has 82 valence electrons. The molecule has 0 aromatic carbocycles. The Balaban J connectivity index is 1.99. The Labute approximate surface area is 85.4 Å². The molecule has 0 saturated carbocycles. The van der Waals surface area contributed by atoms with Gasteiger partial charge in [-0.05, 0) is 38.3 Å². The molecule has 4 nitrogen and oxygen atoms in total. The number of nitrogens with one attached hydrogen (secondary N) is 2. The van der Waals surface area contributed by atoms with Crippen LogP contribution in [0.3, 0.4) is 0 Å². The van der Waals surface area contributed by atoms with Crippen LogP contribution in [0, 0.1) is 5.92 Å². The summed E-state index contributed by atoms with van der Waals surface area (Å²) >= 11 is 0. The normalized spacial score (nSPS) is 21.9. The minimum absolute atomic E-state index is 0.0173. The molecule has 1 rings (SSSR count). The van der Waals surface area contributed by atoms with E-state index < -0.39 is 0 Å². The van der Waals surface area contributed by atoms with Gasteiger partial charge in [0.2, 0.25) is 5.91 Å². The highest BCUT2D eigenvalue weighted by Crippen LogP contribution is 2.12. The summed E-state index contributed by atoms with van der Waals surface area (Å²) in [5.74, 6) is 0.711. The van der Waals surface area contributed by atoms with Gasteiger partial charge in [0.05, 0.1) is 0 Å².